The quantitative estimate of drug-likeness (QED) is 0.620. The molecule has 0 radical (unpaired) electrons. The second-order valence-corrected chi connectivity index (χ2v) is 3.35. The molecule has 0 unspecified atom stereocenters. The van der Waals surface area contributed by atoms with Gasteiger partial charge in [0.05, 0.1) is 0 Å². The summed E-state index contributed by atoms with van der Waals surface area (Å²) in [5, 5.41) is 0. The van der Waals surface area contributed by atoms with Gasteiger partial charge in [-0.3, -0.25) is 0 Å². The van der Waals surface area contributed by atoms with E-state index in [0.717, 1.165) is 7.05 Å². The lowest BCUT2D eigenvalue weighted by molar-refractivity contribution is 0.174. The molecule has 0 saturated heterocycles. The zero-order chi connectivity index (χ0) is 7.49. The zero-order valence-corrected chi connectivity index (χ0v) is 5.58. The van der Waals surface area contributed by atoms with E-state index in [2.05, 4.69) is 0 Å². The van der Waals surface area contributed by atoms with E-state index in [9.17, 15) is 17.2 Å². The molecular formula is C3H7F2NO2S. The van der Waals surface area contributed by atoms with Gasteiger partial charge in [0.2, 0.25) is 10.0 Å². The van der Waals surface area contributed by atoms with Crippen LogP contribution in [0.1, 0.15) is 0 Å². The number of hydrogen-bond acceptors (Lipinski definition) is 2. The minimum absolute atomic E-state index is 1.09. The van der Waals surface area contributed by atoms with Crippen LogP contribution in [0.25, 0.3) is 0 Å². The molecule has 0 aromatic heterocycles. The highest BCUT2D eigenvalue weighted by Crippen LogP contribution is 1.95. The van der Waals surface area contributed by atoms with E-state index in [0.29, 0.717) is 0 Å². The number of sulfonamides is 1. The van der Waals surface area contributed by atoms with E-state index >= 15 is 0 Å². The van der Waals surface area contributed by atoms with Crippen molar-refractivity contribution in [2.75, 3.05) is 12.8 Å². The van der Waals surface area contributed by atoms with E-state index < -0.39 is 22.2 Å². The summed E-state index contributed by atoms with van der Waals surface area (Å²) in [6.45, 7) is 0. The summed E-state index contributed by atoms with van der Waals surface area (Å²) < 4.78 is 44.8. The first-order chi connectivity index (χ1) is 3.98. The largest absolute Gasteiger partial charge is 0.253 e. The predicted molar refractivity (Wildman–Crippen MR) is 28.9 cm³/mol. The van der Waals surface area contributed by atoms with Crippen molar-refractivity contribution in [1.82, 2.24) is 4.72 Å². The molecule has 56 valence electrons. The Morgan fingerprint density at radius 1 is 1.56 bits per heavy atom. The van der Waals surface area contributed by atoms with E-state index in [1.165, 1.54) is 0 Å². The first-order valence-electron chi connectivity index (χ1n) is 2.17. The van der Waals surface area contributed by atoms with Gasteiger partial charge in [-0.05, 0) is 7.05 Å². The maximum atomic E-state index is 11.3. The maximum Gasteiger partial charge on any atom is 0.253 e. The van der Waals surface area contributed by atoms with Crippen LogP contribution in [0.4, 0.5) is 8.78 Å². The van der Waals surface area contributed by atoms with Gasteiger partial charge >= 0.3 is 0 Å². The Labute approximate surface area is 52.1 Å². The van der Waals surface area contributed by atoms with Gasteiger partial charge in [0, 0.05) is 0 Å². The third-order valence-corrected chi connectivity index (χ3v) is 1.97. The molecule has 0 atom stereocenters. The fourth-order valence-corrected chi connectivity index (χ4v) is 0.748. The summed E-state index contributed by atoms with van der Waals surface area (Å²) in [6.07, 6.45) is -2.80. The van der Waals surface area contributed by atoms with Crippen LogP contribution in [0.15, 0.2) is 0 Å². The first kappa shape index (κ1) is 8.77. The molecule has 6 heteroatoms. The minimum Gasteiger partial charge on any atom is -0.218 e. The average molecular weight is 159 g/mol. The Bertz CT molecular complexity index is 165. The molecule has 0 fully saturated rings. The molecule has 0 amide bonds. The Morgan fingerprint density at radius 2 is 2.00 bits per heavy atom. The van der Waals surface area contributed by atoms with Gasteiger partial charge in [-0.2, -0.15) is 0 Å². The fraction of sp³-hybridized carbons (Fsp3) is 1.00. The number of rotatable bonds is 3. The van der Waals surface area contributed by atoms with Crippen molar-refractivity contribution in [2.45, 2.75) is 6.43 Å². The van der Waals surface area contributed by atoms with E-state index in [-0.39, 0.29) is 0 Å². The summed E-state index contributed by atoms with van der Waals surface area (Å²) in [5.41, 5.74) is 0. The molecule has 0 aromatic carbocycles. The van der Waals surface area contributed by atoms with Gasteiger partial charge in [0.1, 0.15) is 5.75 Å². The molecular weight excluding hydrogens is 152 g/mol. The lowest BCUT2D eigenvalue weighted by Crippen LogP contribution is -2.25. The number of alkyl halides is 2. The van der Waals surface area contributed by atoms with Crippen molar-refractivity contribution in [2.24, 2.45) is 0 Å². The third-order valence-electron chi connectivity index (χ3n) is 0.656. The SMILES string of the molecule is CNS(=O)(=O)CC(F)F. The molecule has 0 bridgehead atoms. The Kier molecular flexibility index (Phi) is 2.99. The molecule has 9 heavy (non-hydrogen) atoms. The second kappa shape index (κ2) is 3.07. The molecule has 0 heterocycles. The topological polar surface area (TPSA) is 46.2 Å². The smallest absolute Gasteiger partial charge is 0.218 e. The van der Waals surface area contributed by atoms with Crippen LogP contribution in [0.2, 0.25) is 0 Å². The standard InChI is InChI=1S/C3H7F2NO2S/c1-6-9(7,8)2-3(4)5/h3,6H,2H2,1H3. The van der Waals surface area contributed by atoms with E-state index in [1.54, 1.807) is 4.72 Å². The monoisotopic (exact) mass is 159 g/mol. The van der Waals surface area contributed by atoms with Crippen LogP contribution in [0.3, 0.4) is 0 Å². The van der Waals surface area contributed by atoms with Crippen LogP contribution >= 0.6 is 0 Å². The Balaban J connectivity index is 3.90. The highest BCUT2D eigenvalue weighted by Gasteiger charge is 2.14. The molecule has 0 aliphatic heterocycles. The van der Waals surface area contributed by atoms with E-state index in [1.807, 2.05) is 0 Å². The number of nitrogens with one attached hydrogen (secondary N) is 1. The molecule has 1 N–H and O–H groups in total. The zero-order valence-electron chi connectivity index (χ0n) is 4.77. The van der Waals surface area contributed by atoms with Crippen LogP contribution in [-0.4, -0.2) is 27.6 Å². The second-order valence-electron chi connectivity index (χ2n) is 1.38. The summed E-state index contributed by atoms with van der Waals surface area (Å²) in [5.74, 6) is -1.12. The minimum atomic E-state index is -3.72. The molecule has 0 rings (SSSR count). The fourth-order valence-electron chi connectivity index (χ4n) is 0.249. The third kappa shape index (κ3) is 4.28. The molecule has 0 saturated carbocycles. The molecule has 3 nitrogen and oxygen atoms in total. The molecule has 0 spiro atoms. The van der Waals surface area contributed by atoms with Crippen LogP contribution in [0, 0.1) is 0 Å². The summed E-state index contributed by atoms with van der Waals surface area (Å²) in [7, 11) is -2.62. The van der Waals surface area contributed by atoms with Crippen molar-refractivity contribution >= 4 is 10.0 Å². The normalized spacial score (nSPS) is 12.4. The lowest BCUT2D eigenvalue weighted by atomic mass is 10.9. The number of hydrogen-bond donors (Lipinski definition) is 1. The van der Waals surface area contributed by atoms with Gasteiger partial charge in [0.15, 0.2) is 0 Å². The van der Waals surface area contributed by atoms with Gasteiger partial charge in [-0.1, -0.05) is 0 Å². The van der Waals surface area contributed by atoms with Crippen molar-refractivity contribution in [3.63, 3.8) is 0 Å². The van der Waals surface area contributed by atoms with Crippen LogP contribution in [0.5, 0.6) is 0 Å². The highest BCUT2D eigenvalue weighted by atomic mass is 32.2. The first-order valence-corrected chi connectivity index (χ1v) is 3.82. The Hall–Kier alpha value is -0.230. The van der Waals surface area contributed by atoms with Gasteiger partial charge in [0.25, 0.3) is 6.43 Å². The van der Waals surface area contributed by atoms with Crippen molar-refractivity contribution in [1.29, 1.82) is 0 Å². The molecule has 0 aliphatic rings. The maximum absolute atomic E-state index is 11.3. The predicted octanol–water partition coefficient (Wildman–Crippen LogP) is -0.199. The lowest BCUT2D eigenvalue weighted by Gasteiger charge is -1.98. The van der Waals surface area contributed by atoms with Gasteiger partial charge in [-0.25, -0.2) is 21.9 Å². The average Bonchev–Trinajstić information content (AvgIpc) is 1.63. The van der Waals surface area contributed by atoms with Crippen molar-refractivity contribution in [3.05, 3.63) is 0 Å². The van der Waals surface area contributed by atoms with Crippen molar-refractivity contribution < 1.29 is 17.2 Å². The number of halogens is 2. The van der Waals surface area contributed by atoms with E-state index in [4.69, 9.17) is 0 Å². The summed E-state index contributed by atoms with van der Waals surface area (Å²) >= 11 is 0. The molecule has 0 aromatic rings. The highest BCUT2D eigenvalue weighted by molar-refractivity contribution is 7.89. The Morgan fingerprint density at radius 3 is 2.11 bits per heavy atom. The van der Waals surface area contributed by atoms with Gasteiger partial charge in [-0.15, -0.1) is 0 Å². The van der Waals surface area contributed by atoms with Crippen LogP contribution < -0.4 is 4.72 Å². The summed E-state index contributed by atoms with van der Waals surface area (Å²) in [6, 6.07) is 0. The molecule has 0 aliphatic carbocycles. The van der Waals surface area contributed by atoms with Crippen molar-refractivity contribution in [3.8, 4) is 0 Å². The van der Waals surface area contributed by atoms with Gasteiger partial charge < -0.3 is 0 Å². The van der Waals surface area contributed by atoms with Crippen LogP contribution in [-0.2, 0) is 10.0 Å². The summed E-state index contributed by atoms with van der Waals surface area (Å²) in [4.78, 5) is 0.